The first kappa shape index (κ1) is 14.5. The van der Waals surface area contributed by atoms with Crippen molar-refractivity contribution < 1.29 is 4.92 Å². The molecule has 0 amide bonds. The van der Waals surface area contributed by atoms with E-state index in [0.29, 0.717) is 5.56 Å². The summed E-state index contributed by atoms with van der Waals surface area (Å²) in [5.41, 5.74) is 0.543. The van der Waals surface area contributed by atoms with Crippen molar-refractivity contribution >= 4 is 58.0 Å². The quantitative estimate of drug-likeness (QED) is 0.457. The third-order valence-corrected chi connectivity index (χ3v) is 2.72. The minimum absolute atomic E-state index is 0. The van der Waals surface area contributed by atoms with Crippen LogP contribution in [0.5, 0.6) is 0 Å². The maximum atomic E-state index is 10.7. The first-order chi connectivity index (χ1) is 8.19. The summed E-state index contributed by atoms with van der Waals surface area (Å²) < 4.78 is 7.72. The summed E-state index contributed by atoms with van der Waals surface area (Å²) in [6, 6.07) is 6.22. The fourth-order valence-corrected chi connectivity index (χ4v) is 2.00. The summed E-state index contributed by atoms with van der Waals surface area (Å²) >= 11 is 0.814. The molecule has 0 saturated heterocycles. The van der Waals surface area contributed by atoms with Crippen LogP contribution in [0.15, 0.2) is 12.1 Å². The van der Waals surface area contributed by atoms with Gasteiger partial charge in [0.05, 0.1) is 28.8 Å². The van der Waals surface area contributed by atoms with Crippen molar-refractivity contribution in [2.24, 2.45) is 0 Å². The zero-order chi connectivity index (χ0) is 12.4. The van der Waals surface area contributed by atoms with Gasteiger partial charge >= 0.3 is 29.6 Å². The first-order valence-electron chi connectivity index (χ1n) is 4.38. The molecule has 2 rings (SSSR count). The standard InChI is InChI=1S/C9H3N5O2S.Na.H/c10-3-5(4-11)6-1-2-7(14(15)16)9-8(6)12-17-13-9;;/h1-2,5H;;. The van der Waals surface area contributed by atoms with Crippen LogP contribution in [0, 0.1) is 32.8 Å². The molecule has 2 aromatic rings. The number of rotatable bonds is 2. The summed E-state index contributed by atoms with van der Waals surface area (Å²) in [7, 11) is 0. The minimum atomic E-state index is -0.998. The molecular weight excluding hydrogens is 265 g/mol. The molecule has 0 atom stereocenters. The molecule has 9 heteroatoms. The van der Waals surface area contributed by atoms with Gasteiger partial charge < -0.3 is 0 Å². The number of nitriles is 2. The predicted octanol–water partition coefficient (Wildman–Crippen LogP) is 1.08. The molecule has 0 N–H and O–H groups in total. The Labute approximate surface area is 127 Å². The van der Waals surface area contributed by atoms with E-state index in [4.69, 9.17) is 10.5 Å². The predicted molar refractivity (Wildman–Crippen MR) is 65.2 cm³/mol. The topological polar surface area (TPSA) is 116 Å². The van der Waals surface area contributed by atoms with Crippen molar-refractivity contribution in [3.8, 4) is 12.1 Å². The molecule has 84 valence electrons. The molecule has 1 heterocycles. The average molecular weight is 269 g/mol. The molecule has 7 nitrogen and oxygen atoms in total. The first-order valence-corrected chi connectivity index (χ1v) is 5.11. The van der Waals surface area contributed by atoms with E-state index in [9.17, 15) is 10.1 Å². The van der Waals surface area contributed by atoms with Crippen molar-refractivity contribution in [1.82, 2.24) is 8.75 Å². The number of nitro benzene ring substituents is 1. The molecule has 0 fully saturated rings. The van der Waals surface area contributed by atoms with Crippen LogP contribution in [-0.4, -0.2) is 43.2 Å². The van der Waals surface area contributed by atoms with Gasteiger partial charge in [-0.05, 0) is 6.07 Å². The number of hydrogen-bond acceptors (Lipinski definition) is 7. The van der Waals surface area contributed by atoms with Crippen LogP contribution in [0.1, 0.15) is 11.5 Å². The molecule has 0 bridgehead atoms. The second-order valence-electron chi connectivity index (χ2n) is 3.08. The van der Waals surface area contributed by atoms with Gasteiger partial charge in [-0.25, -0.2) is 0 Å². The summed E-state index contributed by atoms with van der Waals surface area (Å²) in [6.07, 6.45) is 0. The molecule has 18 heavy (non-hydrogen) atoms. The van der Waals surface area contributed by atoms with E-state index >= 15 is 0 Å². The number of aromatic nitrogens is 2. The molecule has 0 aliphatic carbocycles. The zero-order valence-electron chi connectivity index (χ0n) is 8.19. The fraction of sp³-hybridized carbons (Fsp3) is 0.111. The molecule has 1 aromatic heterocycles. The van der Waals surface area contributed by atoms with Gasteiger partial charge in [0.2, 0.25) is 0 Å². The van der Waals surface area contributed by atoms with E-state index in [2.05, 4.69) is 8.75 Å². The van der Waals surface area contributed by atoms with Crippen molar-refractivity contribution in [3.63, 3.8) is 0 Å². The number of hydrogen-bond donors (Lipinski definition) is 0. The van der Waals surface area contributed by atoms with E-state index in [1.165, 1.54) is 12.1 Å². The van der Waals surface area contributed by atoms with E-state index in [1.54, 1.807) is 12.1 Å². The summed E-state index contributed by atoms with van der Waals surface area (Å²) in [4.78, 5) is 10.2. The van der Waals surface area contributed by atoms with Crippen LogP contribution in [0.4, 0.5) is 5.69 Å². The third-order valence-electron chi connectivity index (χ3n) is 2.19. The molecule has 0 aliphatic heterocycles. The second kappa shape index (κ2) is 5.85. The number of fused-ring (bicyclic) bond motifs is 1. The van der Waals surface area contributed by atoms with E-state index in [0.717, 1.165) is 11.7 Å². The molecular formula is C9H4N5NaO2S. The van der Waals surface area contributed by atoms with Gasteiger partial charge in [-0.15, -0.1) is 0 Å². The van der Waals surface area contributed by atoms with Crippen molar-refractivity contribution in [1.29, 1.82) is 10.5 Å². The normalized spacial score (nSPS) is 9.50. The molecule has 1 aromatic carbocycles. The van der Waals surface area contributed by atoms with E-state index in [-0.39, 0.29) is 46.3 Å². The second-order valence-corrected chi connectivity index (χ2v) is 3.61. The Hall–Kier alpha value is -1.58. The average Bonchev–Trinajstić information content (AvgIpc) is 2.79. The van der Waals surface area contributed by atoms with Crippen LogP contribution in [0.2, 0.25) is 0 Å². The maximum absolute atomic E-state index is 10.7. The number of benzene rings is 1. The van der Waals surface area contributed by atoms with Gasteiger partial charge in [-0.1, -0.05) is 0 Å². The molecule has 0 aliphatic rings. The Morgan fingerprint density at radius 1 is 1.28 bits per heavy atom. The monoisotopic (exact) mass is 269 g/mol. The van der Waals surface area contributed by atoms with Crippen LogP contribution in [0.25, 0.3) is 11.0 Å². The molecule has 0 unspecified atom stereocenters. The van der Waals surface area contributed by atoms with Crippen molar-refractivity contribution in [3.05, 3.63) is 27.8 Å². The van der Waals surface area contributed by atoms with Gasteiger partial charge in [0.1, 0.15) is 5.52 Å². The molecule has 0 radical (unpaired) electrons. The Balaban J connectivity index is 0.00000162. The van der Waals surface area contributed by atoms with Gasteiger partial charge in [0.15, 0.2) is 11.4 Å². The number of nitro groups is 1. The Kier molecular flexibility index (Phi) is 4.70. The molecule has 0 saturated carbocycles. The van der Waals surface area contributed by atoms with Crippen LogP contribution in [-0.2, 0) is 0 Å². The number of non-ortho nitro benzene ring substituents is 1. The van der Waals surface area contributed by atoms with Crippen LogP contribution < -0.4 is 0 Å². The van der Waals surface area contributed by atoms with Crippen molar-refractivity contribution in [2.75, 3.05) is 0 Å². The van der Waals surface area contributed by atoms with E-state index in [1.807, 2.05) is 0 Å². The molecule has 0 spiro atoms. The Morgan fingerprint density at radius 3 is 2.44 bits per heavy atom. The van der Waals surface area contributed by atoms with Gasteiger partial charge in [-0.3, -0.25) is 10.1 Å². The van der Waals surface area contributed by atoms with Gasteiger partial charge in [-0.2, -0.15) is 19.3 Å². The zero-order valence-corrected chi connectivity index (χ0v) is 9.01. The van der Waals surface area contributed by atoms with Crippen molar-refractivity contribution in [2.45, 2.75) is 5.92 Å². The fourth-order valence-electron chi connectivity index (χ4n) is 1.42. The van der Waals surface area contributed by atoms with Gasteiger partial charge in [0, 0.05) is 11.6 Å². The Morgan fingerprint density at radius 2 is 1.89 bits per heavy atom. The van der Waals surface area contributed by atoms with Gasteiger partial charge in [0.25, 0.3) is 5.69 Å². The summed E-state index contributed by atoms with van der Waals surface area (Å²) in [5.74, 6) is -0.998. The summed E-state index contributed by atoms with van der Waals surface area (Å²) in [5, 5.41) is 28.4. The third kappa shape index (κ3) is 2.33. The number of nitrogens with zero attached hydrogens (tertiary/aromatic N) is 5. The SMILES string of the molecule is N#CC(C#N)c1ccc([N+](=O)[O-])c2nsnc12.[NaH]. The van der Waals surface area contributed by atoms with E-state index < -0.39 is 10.8 Å². The Bertz CT molecular complexity index is 672. The van der Waals surface area contributed by atoms with Crippen LogP contribution in [0.3, 0.4) is 0 Å². The van der Waals surface area contributed by atoms with Crippen LogP contribution >= 0.6 is 11.7 Å². The summed E-state index contributed by atoms with van der Waals surface area (Å²) in [6.45, 7) is 0.